The second-order valence-corrected chi connectivity index (χ2v) is 6.70. The Morgan fingerprint density at radius 2 is 2.26 bits per heavy atom. The van der Waals surface area contributed by atoms with Gasteiger partial charge in [0.2, 0.25) is 0 Å². The van der Waals surface area contributed by atoms with Gasteiger partial charge in [-0.25, -0.2) is 0 Å². The van der Waals surface area contributed by atoms with Crippen LogP contribution in [-0.4, -0.2) is 26.8 Å². The molecular formula is C14H26N4S. The summed E-state index contributed by atoms with van der Waals surface area (Å²) in [7, 11) is 0. The van der Waals surface area contributed by atoms with Crippen LogP contribution in [0, 0.1) is 0 Å². The van der Waals surface area contributed by atoms with E-state index in [1.807, 2.05) is 10.9 Å². The van der Waals surface area contributed by atoms with E-state index >= 15 is 0 Å². The average molecular weight is 282 g/mol. The van der Waals surface area contributed by atoms with E-state index in [0.717, 1.165) is 24.0 Å². The Morgan fingerprint density at radius 1 is 1.47 bits per heavy atom. The zero-order valence-electron chi connectivity index (χ0n) is 11.8. The van der Waals surface area contributed by atoms with Gasteiger partial charge in [-0.1, -0.05) is 19.3 Å². The van der Waals surface area contributed by atoms with E-state index in [4.69, 9.17) is 5.84 Å². The Bertz CT molecular complexity index is 360. The van der Waals surface area contributed by atoms with Crippen LogP contribution in [0.5, 0.6) is 0 Å². The molecular weight excluding hydrogens is 256 g/mol. The van der Waals surface area contributed by atoms with E-state index in [1.54, 1.807) is 0 Å². The Labute approximate surface area is 120 Å². The van der Waals surface area contributed by atoms with Gasteiger partial charge in [-0.2, -0.15) is 16.9 Å². The lowest BCUT2D eigenvalue weighted by Gasteiger charge is -2.23. The number of nitrogens with zero attached hydrogens (tertiary/aromatic N) is 2. The third-order valence-electron chi connectivity index (χ3n) is 3.81. The van der Waals surface area contributed by atoms with Crippen molar-refractivity contribution in [3.63, 3.8) is 0 Å². The van der Waals surface area contributed by atoms with E-state index in [9.17, 15) is 0 Å². The zero-order valence-corrected chi connectivity index (χ0v) is 12.7. The molecule has 4 nitrogen and oxygen atoms in total. The number of aryl methyl sites for hydroxylation is 1. The SMILES string of the molecule is CCn1cc(CC(CSC2CCCCC2)NN)cn1. The topological polar surface area (TPSA) is 55.9 Å². The minimum atomic E-state index is 0.349. The first-order valence-corrected chi connectivity index (χ1v) is 8.45. The van der Waals surface area contributed by atoms with Crippen LogP contribution in [0.25, 0.3) is 0 Å². The lowest BCUT2D eigenvalue weighted by atomic mass is 10.0. The first-order valence-electron chi connectivity index (χ1n) is 7.41. The van der Waals surface area contributed by atoms with Crippen LogP contribution in [0.4, 0.5) is 0 Å². The Kier molecular flexibility index (Phi) is 6.20. The molecule has 0 bridgehead atoms. The summed E-state index contributed by atoms with van der Waals surface area (Å²) in [6, 6.07) is 0.349. The summed E-state index contributed by atoms with van der Waals surface area (Å²) in [5.74, 6) is 6.78. The van der Waals surface area contributed by atoms with Crippen molar-refractivity contribution in [1.29, 1.82) is 0 Å². The maximum absolute atomic E-state index is 5.68. The highest BCUT2D eigenvalue weighted by atomic mass is 32.2. The van der Waals surface area contributed by atoms with Gasteiger partial charge in [-0.05, 0) is 31.7 Å². The first-order chi connectivity index (χ1) is 9.31. The molecule has 1 saturated carbocycles. The van der Waals surface area contributed by atoms with Crippen molar-refractivity contribution in [2.45, 2.75) is 63.3 Å². The summed E-state index contributed by atoms with van der Waals surface area (Å²) in [4.78, 5) is 0. The predicted octanol–water partition coefficient (Wildman–Crippen LogP) is 2.34. The standard InChI is InChI=1S/C14H26N4S/c1-2-18-10-12(9-16-18)8-13(17-15)11-19-14-6-4-3-5-7-14/h9-10,13-14,17H,2-8,11,15H2,1H3. The molecule has 1 unspecified atom stereocenters. The molecule has 108 valence electrons. The van der Waals surface area contributed by atoms with Gasteiger partial charge >= 0.3 is 0 Å². The molecule has 5 heteroatoms. The summed E-state index contributed by atoms with van der Waals surface area (Å²) < 4.78 is 1.97. The molecule has 1 aromatic heterocycles. The molecule has 1 aliphatic rings. The Morgan fingerprint density at radius 3 is 2.89 bits per heavy atom. The van der Waals surface area contributed by atoms with Crippen LogP contribution in [0.15, 0.2) is 12.4 Å². The van der Waals surface area contributed by atoms with Crippen LogP contribution >= 0.6 is 11.8 Å². The highest BCUT2D eigenvalue weighted by Gasteiger charge is 2.16. The minimum Gasteiger partial charge on any atom is -0.273 e. The fourth-order valence-corrected chi connectivity index (χ4v) is 4.00. The second-order valence-electron chi connectivity index (χ2n) is 5.37. The lowest BCUT2D eigenvalue weighted by Crippen LogP contribution is -2.39. The largest absolute Gasteiger partial charge is 0.273 e. The van der Waals surface area contributed by atoms with E-state index in [2.05, 4.69) is 35.4 Å². The van der Waals surface area contributed by atoms with Crippen molar-refractivity contribution in [2.24, 2.45) is 5.84 Å². The van der Waals surface area contributed by atoms with Gasteiger partial charge in [0.1, 0.15) is 0 Å². The summed E-state index contributed by atoms with van der Waals surface area (Å²) >= 11 is 2.09. The highest BCUT2D eigenvalue weighted by molar-refractivity contribution is 7.99. The van der Waals surface area contributed by atoms with Gasteiger partial charge in [0.25, 0.3) is 0 Å². The predicted molar refractivity (Wildman–Crippen MR) is 82.0 cm³/mol. The molecule has 2 rings (SSSR count). The first kappa shape index (κ1) is 14.9. The van der Waals surface area contributed by atoms with Crippen molar-refractivity contribution >= 4 is 11.8 Å². The molecule has 0 aliphatic heterocycles. The molecule has 0 radical (unpaired) electrons. The van der Waals surface area contributed by atoms with Gasteiger partial charge in [0, 0.05) is 29.8 Å². The Hall–Kier alpha value is -0.520. The van der Waals surface area contributed by atoms with Crippen LogP contribution in [0.1, 0.15) is 44.6 Å². The van der Waals surface area contributed by atoms with Crippen molar-refractivity contribution in [2.75, 3.05) is 5.75 Å². The lowest BCUT2D eigenvalue weighted by molar-refractivity contribution is 0.513. The van der Waals surface area contributed by atoms with Crippen LogP contribution in [-0.2, 0) is 13.0 Å². The molecule has 1 atom stereocenters. The normalized spacial score (nSPS) is 18.6. The molecule has 1 heterocycles. The van der Waals surface area contributed by atoms with Crippen molar-refractivity contribution in [3.05, 3.63) is 18.0 Å². The zero-order chi connectivity index (χ0) is 13.5. The fraction of sp³-hybridized carbons (Fsp3) is 0.786. The number of hydrogen-bond acceptors (Lipinski definition) is 4. The Balaban J connectivity index is 1.75. The van der Waals surface area contributed by atoms with Crippen molar-refractivity contribution in [1.82, 2.24) is 15.2 Å². The molecule has 0 spiro atoms. The molecule has 0 saturated heterocycles. The number of aromatic nitrogens is 2. The van der Waals surface area contributed by atoms with Gasteiger partial charge < -0.3 is 0 Å². The van der Waals surface area contributed by atoms with Crippen LogP contribution in [0.3, 0.4) is 0 Å². The summed E-state index contributed by atoms with van der Waals surface area (Å²) in [5.41, 5.74) is 4.23. The number of hydrazine groups is 1. The monoisotopic (exact) mass is 282 g/mol. The maximum Gasteiger partial charge on any atom is 0.0522 e. The molecule has 19 heavy (non-hydrogen) atoms. The number of rotatable bonds is 7. The van der Waals surface area contributed by atoms with Crippen LogP contribution < -0.4 is 11.3 Å². The van der Waals surface area contributed by atoms with E-state index in [1.165, 1.54) is 37.7 Å². The minimum absolute atomic E-state index is 0.349. The molecule has 1 aliphatic carbocycles. The van der Waals surface area contributed by atoms with Gasteiger partial charge in [0.15, 0.2) is 0 Å². The van der Waals surface area contributed by atoms with Crippen molar-refractivity contribution in [3.8, 4) is 0 Å². The van der Waals surface area contributed by atoms with Crippen LogP contribution in [0.2, 0.25) is 0 Å². The van der Waals surface area contributed by atoms with Gasteiger partial charge in [-0.15, -0.1) is 0 Å². The second kappa shape index (κ2) is 7.92. The number of nitrogens with two attached hydrogens (primary N) is 1. The molecule has 0 aromatic carbocycles. The molecule has 1 aromatic rings. The van der Waals surface area contributed by atoms with Gasteiger partial charge in [0.05, 0.1) is 6.20 Å². The number of thioether (sulfide) groups is 1. The van der Waals surface area contributed by atoms with E-state index < -0.39 is 0 Å². The molecule has 1 fully saturated rings. The highest BCUT2D eigenvalue weighted by Crippen LogP contribution is 2.28. The molecule has 3 N–H and O–H groups in total. The molecule has 0 amide bonds. The fourth-order valence-electron chi connectivity index (χ4n) is 2.62. The number of nitrogens with one attached hydrogen (secondary N) is 1. The third-order valence-corrected chi connectivity index (χ3v) is 5.35. The van der Waals surface area contributed by atoms with E-state index in [0.29, 0.717) is 6.04 Å². The maximum atomic E-state index is 5.68. The summed E-state index contributed by atoms with van der Waals surface area (Å²) in [5, 5.41) is 5.16. The summed E-state index contributed by atoms with van der Waals surface area (Å²) in [6.07, 6.45) is 12.0. The van der Waals surface area contributed by atoms with E-state index in [-0.39, 0.29) is 0 Å². The van der Waals surface area contributed by atoms with Gasteiger partial charge in [-0.3, -0.25) is 16.0 Å². The average Bonchev–Trinajstić information content (AvgIpc) is 2.92. The summed E-state index contributed by atoms with van der Waals surface area (Å²) in [6.45, 7) is 3.03. The number of hydrogen-bond donors (Lipinski definition) is 2. The van der Waals surface area contributed by atoms with Crippen molar-refractivity contribution < 1.29 is 0 Å². The quantitative estimate of drug-likeness (QED) is 0.595. The smallest absolute Gasteiger partial charge is 0.0522 e. The third kappa shape index (κ3) is 4.82.